The maximum absolute atomic E-state index is 6.00. The molecule has 0 heterocycles. The molecule has 0 fully saturated rings. The topological polar surface area (TPSA) is 30.5 Å². The molecule has 2 aromatic rings. The molecule has 27 heavy (non-hydrogen) atoms. The lowest BCUT2D eigenvalue weighted by Gasteiger charge is -2.16. The minimum absolute atomic E-state index is 0.517. The number of para-hydroxylation sites is 1. The van der Waals surface area contributed by atoms with Crippen LogP contribution in [0.1, 0.15) is 64.4 Å². The van der Waals surface area contributed by atoms with E-state index in [0.29, 0.717) is 12.5 Å². The molecule has 1 unspecified atom stereocenters. The monoisotopic (exact) mass is 369 g/mol. The number of rotatable bonds is 13. The van der Waals surface area contributed by atoms with Crippen LogP contribution in [0.15, 0.2) is 48.5 Å². The number of anilines is 1. The first-order valence-corrected chi connectivity index (χ1v) is 10.4. The fourth-order valence-electron chi connectivity index (χ4n) is 2.98. The second-order valence-corrected chi connectivity index (χ2v) is 7.06. The Morgan fingerprint density at radius 3 is 2.37 bits per heavy atom. The molecule has 0 aromatic heterocycles. The van der Waals surface area contributed by atoms with Gasteiger partial charge in [-0.15, -0.1) is 0 Å². The van der Waals surface area contributed by atoms with Gasteiger partial charge in [-0.05, 0) is 54.7 Å². The molecular weight excluding hydrogens is 334 g/mol. The van der Waals surface area contributed by atoms with Gasteiger partial charge in [0, 0.05) is 12.2 Å². The van der Waals surface area contributed by atoms with Gasteiger partial charge in [0.25, 0.3) is 0 Å². The zero-order chi connectivity index (χ0) is 19.3. The van der Waals surface area contributed by atoms with Gasteiger partial charge >= 0.3 is 0 Å². The van der Waals surface area contributed by atoms with Crippen LogP contribution >= 0.6 is 0 Å². The van der Waals surface area contributed by atoms with Gasteiger partial charge in [0.15, 0.2) is 0 Å². The van der Waals surface area contributed by atoms with Crippen molar-refractivity contribution in [3.8, 4) is 11.5 Å². The van der Waals surface area contributed by atoms with Crippen molar-refractivity contribution in [3.05, 3.63) is 54.1 Å². The molecule has 0 saturated carbocycles. The van der Waals surface area contributed by atoms with E-state index in [1.165, 1.54) is 24.8 Å². The summed E-state index contributed by atoms with van der Waals surface area (Å²) in [5.74, 6) is 2.46. The van der Waals surface area contributed by atoms with Gasteiger partial charge in [-0.25, -0.2) is 0 Å². The second-order valence-electron chi connectivity index (χ2n) is 7.06. The predicted molar refractivity (Wildman–Crippen MR) is 115 cm³/mol. The highest BCUT2D eigenvalue weighted by molar-refractivity contribution is 5.46. The SMILES string of the molecule is CCCCCCOc1ccc(NCCOc2ccccc2C(C)CC)cc1. The minimum atomic E-state index is 0.517. The number of benzene rings is 2. The average molecular weight is 370 g/mol. The first-order chi connectivity index (χ1) is 13.2. The summed E-state index contributed by atoms with van der Waals surface area (Å²) in [5, 5.41) is 3.41. The second kappa shape index (κ2) is 12.3. The summed E-state index contributed by atoms with van der Waals surface area (Å²) in [5.41, 5.74) is 2.38. The first kappa shape index (κ1) is 21.1. The molecule has 0 amide bonds. The summed E-state index contributed by atoms with van der Waals surface area (Å²) in [6.45, 7) is 8.89. The molecule has 0 spiro atoms. The lowest BCUT2D eigenvalue weighted by atomic mass is 9.98. The maximum atomic E-state index is 6.00. The average Bonchev–Trinajstić information content (AvgIpc) is 2.72. The number of hydrogen-bond acceptors (Lipinski definition) is 3. The molecule has 1 atom stereocenters. The standard InChI is InChI=1S/C24H35NO2/c1-4-6-7-10-18-26-22-15-13-21(14-16-22)25-17-19-27-24-12-9-8-11-23(24)20(3)5-2/h8-9,11-16,20,25H,4-7,10,17-19H2,1-3H3. The van der Waals surface area contributed by atoms with Crippen LogP contribution in [0, 0.1) is 0 Å². The Hall–Kier alpha value is -2.16. The Kier molecular flexibility index (Phi) is 9.61. The molecule has 0 radical (unpaired) electrons. The van der Waals surface area contributed by atoms with E-state index in [2.05, 4.69) is 56.4 Å². The van der Waals surface area contributed by atoms with Gasteiger partial charge in [0.1, 0.15) is 18.1 Å². The van der Waals surface area contributed by atoms with Crippen LogP contribution in [0.5, 0.6) is 11.5 Å². The molecule has 3 heteroatoms. The third-order valence-corrected chi connectivity index (χ3v) is 4.87. The third-order valence-electron chi connectivity index (χ3n) is 4.87. The molecule has 0 aliphatic heterocycles. The van der Waals surface area contributed by atoms with Crippen molar-refractivity contribution in [2.75, 3.05) is 25.1 Å². The van der Waals surface area contributed by atoms with Crippen LogP contribution in [0.3, 0.4) is 0 Å². The summed E-state index contributed by atoms with van der Waals surface area (Å²) in [7, 11) is 0. The van der Waals surface area contributed by atoms with E-state index in [4.69, 9.17) is 9.47 Å². The number of hydrogen-bond donors (Lipinski definition) is 1. The van der Waals surface area contributed by atoms with E-state index >= 15 is 0 Å². The molecule has 148 valence electrons. The lowest BCUT2D eigenvalue weighted by molar-refractivity contribution is 0.305. The Morgan fingerprint density at radius 2 is 1.63 bits per heavy atom. The van der Waals surface area contributed by atoms with Crippen molar-refractivity contribution in [3.63, 3.8) is 0 Å². The molecule has 0 aliphatic rings. The van der Waals surface area contributed by atoms with Gasteiger partial charge in [0.2, 0.25) is 0 Å². The molecule has 0 bridgehead atoms. The van der Waals surface area contributed by atoms with Gasteiger partial charge < -0.3 is 14.8 Å². The van der Waals surface area contributed by atoms with E-state index in [1.54, 1.807) is 0 Å². The molecular formula is C24H35NO2. The summed E-state index contributed by atoms with van der Waals surface area (Å²) < 4.78 is 11.8. The third kappa shape index (κ3) is 7.54. The zero-order valence-corrected chi connectivity index (χ0v) is 17.2. The zero-order valence-electron chi connectivity index (χ0n) is 17.2. The maximum Gasteiger partial charge on any atom is 0.122 e. The van der Waals surface area contributed by atoms with Gasteiger partial charge in [-0.1, -0.05) is 58.2 Å². The largest absolute Gasteiger partial charge is 0.494 e. The Bertz CT molecular complexity index is 639. The molecule has 0 saturated heterocycles. The number of nitrogens with one attached hydrogen (secondary N) is 1. The summed E-state index contributed by atoms with van der Waals surface area (Å²) in [6, 6.07) is 16.5. The highest BCUT2D eigenvalue weighted by Crippen LogP contribution is 2.28. The highest BCUT2D eigenvalue weighted by atomic mass is 16.5. The van der Waals surface area contributed by atoms with E-state index < -0.39 is 0 Å². The molecule has 1 N–H and O–H groups in total. The fraction of sp³-hybridized carbons (Fsp3) is 0.500. The number of unbranched alkanes of at least 4 members (excludes halogenated alkanes) is 3. The van der Waals surface area contributed by atoms with Crippen molar-refractivity contribution in [2.24, 2.45) is 0 Å². The lowest BCUT2D eigenvalue weighted by Crippen LogP contribution is -2.12. The quantitative estimate of drug-likeness (QED) is 0.401. The van der Waals surface area contributed by atoms with E-state index in [-0.39, 0.29) is 0 Å². The fourth-order valence-corrected chi connectivity index (χ4v) is 2.98. The van der Waals surface area contributed by atoms with Crippen molar-refractivity contribution in [2.45, 2.75) is 58.8 Å². The molecule has 0 aliphatic carbocycles. The Morgan fingerprint density at radius 1 is 0.852 bits per heavy atom. The van der Waals surface area contributed by atoms with Crippen LogP contribution in [-0.4, -0.2) is 19.8 Å². The van der Waals surface area contributed by atoms with Crippen LogP contribution < -0.4 is 14.8 Å². The van der Waals surface area contributed by atoms with Crippen molar-refractivity contribution >= 4 is 5.69 Å². The van der Waals surface area contributed by atoms with Crippen molar-refractivity contribution in [1.82, 2.24) is 0 Å². The predicted octanol–water partition coefficient (Wildman–Crippen LogP) is 6.65. The van der Waals surface area contributed by atoms with Gasteiger partial charge in [-0.2, -0.15) is 0 Å². The minimum Gasteiger partial charge on any atom is -0.494 e. The summed E-state index contributed by atoms with van der Waals surface area (Å²) in [6.07, 6.45) is 6.04. The van der Waals surface area contributed by atoms with Crippen LogP contribution in [0.2, 0.25) is 0 Å². The van der Waals surface area contributed by atoms with Crippen molar-refractivity contribution in [1.29, 1.82) is 0 Å². The smallest absolute Gasteiger partial charge is 0.122 e. The van der Waals surface area contributed by atoms with Gasteiger partial charge in [0.05, 0.1) is 6.61 Å². The molecule has 3 nitrogen and oxygen atoms in total. The van der Waals surface area contributed by atoms with Crippen LogP contribution in [0.4, 0.5) is 5.69 Å². The highest BCUT2D eigenvalue weighted by Gasteiger charge is 2.09. The van der Waals surface area contributed by atoms with E-state index in [0.717, 1.165) is 43.2 Å². The summed E-state index contributed by atoms with van der Waals surface area (Å²) in [4.78, 5) is 0. The summed E-state index contributed by atoms with van der Waals surface area (Å²) >= 11 is 0. The molecule has 2 aromatic carbocycles. The Balaban J connectivity index is 1.70. The Labute approximate surface area is 165 Å². The van der Waals surface area contributed by atoms with Gasteiger partial charge in [-0.3, -0.25) is 0 Å². The number of ether oxygens (including phenoxy) is 2. The van der Waals surface area contributed by atoms with E-state index in [9.17, 15) is 0 Å². The van der Waals surface area contributed by atoms with Crippen LogP contribution in [-0.2, 0) is 0 Å². The first-order valence-electron chi connectivity index (χ1n) is 10.4. The normalized spacial score (nSPS) is 11.8. The van der Waals surface area contributed by atoms with Crippen molar-refractivity contribution < 1.29 is 9.47 Å². The van der Waals surface area contributed by atoms with E-state index in [1.807, 2.05) is 18.2 Å². The van der Waals surface area contributed by atoms with Crippen LogP contribution in [0.25, 0.3) is 0 Å². The molecule has 2 rings (SSSR count).